The molecule has 0 aliphatic rings. The fourth-order valence-electron chi connectivity index (χ4n) is 2.34. The molecule has 0 atom stereocenters. The average Bonchev–Trinajstić information content (AvgIpc) is 2.68. The molecule has 0 spiro atoms. The molecular weight excluding hydrogens is 358 g/mol. The molecule has 0 bridgehead atoms. The number of ether oxygens (including phenoxy) is 2. The molecule has 2 aromatic rings. The lowest BCUT2D eigenvalue weighted by atomic mass is 10.1. The maximum atomic E-state index is 12.1. The van der Waals surface area contributed by atoms with Gasteiger partial charge in [0.2, 0.25) is 5.91 Å². The van der Waals surface area contributed by atoms with Crippen molar-refractivity contribution in [2.24, 2.45) is 5.10 Å². The molecule has 0 unspecified atom stereocenters. The molecule has 0 aliphatic carbocycles. The summed E-state index contributed by atoms with van der Waals surface area (Å²) < 4.78 is 10.1. The number of aryl methyl sites for hydroxylation is 2. The van der Waals surface area contributed by atoms with Crippen LogP contribution in [0.15, 0.2) is 47.6 Å². The van der Waals surface area contributed by atoms with Crippen molar-refractivity contribution in [3.63, 3.8) is 0 Å². The Labute approximate surface area is 164 Å². The van der Waals surface area contributed by atoms with Crippen LogP contribution in [0.2, 0.25) is 0 Å². The van der Waals surface area contributed by atoms with Gasteiger partial charge in [-0.1, -0.05) is 18.2 Å². The predicted molar refractivity (Wildman–Crippen MR) is 109 cm³/mol. The molecule has 148 valence electrons. The van der Waals surface area contributed by atoms with Gasteiger partial charge in [0.05, 0.1) is 13.5 Å². The van der Waals surface area contributed by atoms with E-state index >= 15 is 0 Å². The van der Waals surface area contributed by atoms with Crippen LogP contribution in [0, 0.1) is 13.8 Å². The number of hydrogen-bond donors (Lipinski definition) is 2. The summed E-state index contributed by atoms with van der Waals surface area (Å²) in [6.45, 7) is 5.76. The summed E-state index contributed by atoms with van der Waals surface area (Å²) in [4.78, 5) is 23.8. The second-order valence-corrected chi connectivity index (χ2v) is 6.41. The molecule has 0 aliphatic heterocycles. The molecule has 2 aromatic carbocycles. The third-order valence-corrected chi connectivity index (χ3v) is 4.07. The third kappa shape index (κ3) is 6.75. The number of hydrogen-bond acceptors (Lipinski definition) is 5. The van der Waals surface area contributed by atoms with Crippen LogP contribution >= 0.6 is 0 Å². The summed E-state index contributed by atoms with van der Waals surface area (Å²) in [5.74, 6) is 0.519. The number of nitrogens with zero attached hydrogens (tertiary/aromatic N) is 1. The fourth-order valence-corrected chi connectivity index (χ4v) is 2.34. The Hall–Kier alpha value is -3.35. The van der Waals surface area contributed by atoms with Crippen LogP contribution in [-0.2, 0) is 16.1 Å². The number of hydrazone groups is 1. The Kier molecular flexibility index (Phi) is 7.56. The van der Waals surface area contributed by atoms with Gasteiger partial charge in [-0.15, -0.1) is 0 Å². The van der Waals surface area contributed by atoms with E-state index in [9.17, 15) is 9.59 Å². The van der Waals surface area contributed by atoms with Gasteiger partial charge in [0.1, 0.15) is 12.4 Å². The topological polar surface area (TPSA) is 89.0 Å². The van der Waals surface area contributed by atoms with E-state index in [1.54, 1.807) is 38.3 Å². The summed E-state index contributed by atoms with van der Waals surface area (Å²) in [5, 5.41) is 6.70. The van der Waals surface area contributed by atoms with Gasteiger partial charge in [-0.3, -0.25) is 4.79 Å². The van der Waals surface area contributed by atoms with Gasteiger partial charge < -0.3 is 14.8 Å². The second kappa shape index (κ2) is 10.1. The van der Waals surface area contributed by atoms with Crippen molar-refractivity contribution in [1.29, 1.82) is 0 Å². The van der Waals surface area contributed by atoms with Crippen molar-refractivity contribution in [2.75, 3.05) is 12.4 Å². The molecule has 0 radical (unpaired) electrons. The van der Waals surface area contributed by atoms with Gasteiger partial charge in [-0.05, 0) is 61.7 Å². The van der Waals surface area contributed by atoms with Gasteiger partial charge in [-0.2, -0.15) is 5.10 Å². The number of rotatable bonds is 7. The molecule has 0 heterocycles. The molecule has 7 nitrogen and oxygen atoms in total. The lowest BCUT2D eigenvalue weighted by molar-refractivity contribution is -0.115. The van der Waals surface area contributed by atoms with Crippen molar-refractivity contribution in [3.8, 4) is 5.75 Å². The van der Waals surface area contributed by atoms with Crippen LogP contribution < -0.4 is 15.5 Å². The summed E-state index contributed by atoms with van der Waals surface area (Å²) >= 11 is 0. The van der Waals surface area contributed by atoms with Gasteiger partial charge >= 0.3 is 6.09 Å². The molecular formula is C21H25N3O4. The number of anilines is 1. The van der Waals surface area contributed by atoms with Crippen LogP contribution in [0.5, 0.6) is 5.75 Å². The van der Waals surface area contributed by atoms with E-state index in [-0.39, 0.29) is 18.9 Å². The molecule has 28 heavy (non-hydrogen) atoms. The lowest BCUT2D eigenvalue weighted by Gasteiger charge is -2.08. The minimum absolute atomic E-state index is 0.0612. The van der Waals surface area contributed by atoms with Gasteiger partial charge in [0, 0.05) is 11.4 Å². The van der Waals surface area contributed by atoms with Crippen molar-refractivity contribution in [2.45, 2.75) is 33.8 Å². The highest BCUT2D eigenvalue weighted by atomic mass is 16.6. The Morgan fingerprint density at radius 2 is 1.75 bits per heavy atom. The van der Waals surface area contributed by atoms with E-state index in [4.69, 9.17) is 9.47 Å². The third-order valence-electron chi connectivity index (χ3n) is 4.07. The SMILES string of the molecule is COc1ccc(COC(=O)NN=C(C)CC(=O)Nc2ccc(C)c(C)c2)cc1. The van der Waals surface area contributed by atoms with Gasteiger partial charge in [0.25, 0.3) is 0 Å². The highest BCUT2D eigenvalue weighted by Gasteiger charge is 2.07. The minimum atomic E-state index is -0.690. The monoisotopic (exact) mass is 383 g/mol. The van der Waals surface area contributed by atoms with Crippen LogP contribution in [0.1, 0.15) is 30.0 Å². The maximum Gasteiger partial charge on any atom is 0.428 e. The number of benzene rings is 2. The van der Waals surface area contributed by atoms with Crippen molar-refractivity contribution in [1.82, 2.24) is 5.43 Å². The summed E-state index contributed by atoms with van der Waals surface area (Å²) in [7, 11) is 1.58. The number of carbonyl (C=O) groups is 2. The van der Waals surface area contributed by atoms with E-state index in [1.165, 1.54) is 0 Å². The van der Waals surface area contributed by atoms with Crippen molar-refractivity contribution >= 4 is 23.4 Å². The van der Waals surface area contributed by atoms with Gasteiger partial charge in [-0.25, -0.2) is 10.2 Å². The highest BCUT2D eigenvalue weighted by Crippen LogP contribution is 2.14. The molecule has 0 aromatic heterocycles. The molecule has 2 N–H and O–H groups in total. The minimum Gasteiger partial charge on any atom is -0.497 e. The normalized spacial score (nSPS) is 10.9. The second-order valence-electron chi connectivity index (χ2n) is 6.41. The van der Waals surface area contributed by atoms with Crippen LogP contribution in [0.4, 0.5) is 10.5 Å². The maximum absolute atomic E-state index is 12.1. The zero-order valence-corrected chi connectivity index (χ0v) is 16.5. The molecule has 7 heteroatoms. The van der Waals surface area contributed by atoms with E-state index < -0.39 is 6.09 Å². The van der Waals surface area contributed by atoms with Crippen LogP contribution in [0.25, 0.3) is 0 Å². The Bertz CT molecular complexity index is 860. The Morgan fingerprint density at radius 1 is 1.04 bits per heavy atom. The molecule has 2 amide bonds. The first-order chi connectivity index (χ1) is 13.4. The first-order valence-electron chi connectivity index (χ1n) is 8.83. The number of amides is 2. The van der Waals surface area contributed by atoms with Crippen molar-refractivity contribution in [3.05, 3.63) is 59.2 Å². The standard InChI is InChI=1S/C21H25N3O4/c1-14-5-8-18(11-15(14)2)22-20(25)12-16(3)23-24-21(26)28-13-17-6-9-19(27-4)10-7-17/h5-11H,12-13H2,1-4H3,(H,22,25)(H,24,26). The lowest BCUT2D eigenvalue weighted by Crippen LogP contribution is -2.22. The zero-order valence-electron chi connectivity index (χ0n) is 16.5. The first kappa shape index (κ1) is 21.0. The Balaban J connectivity index is 1.76. The highest BCUT2D eigenvalue weighted by molar-refractivity contribution is 6.05. The van der Waals surface area contributed by atoms with E-state index in [0.29, 0.717) is 5.71 Å². The summed E-state index contributed by atoms with van der Waals surface area (Å²) in [6.07, 6.45) is -0.629. The Morgan fingerprint density at radius 3 is 2.39 bits per heavy atom. The fraction of sp³-hybridized carbons (Fsp3) is 0.286. The zero-order chi connectivity index (χ0) is 20.5. The van der Waals surface area contributed by atoms with E-state index in [1.807, 2.05) is 32.0 Å². The summed E-state index contributed by atoms with van der Waals surface area (Å²) in [5.41, 5.74) is 6.56. The van der Waals surface area contributed by atoms with E-state index in [2.05, 4.69) is 15.8 Å². The number of nitrogens with one attached hydrogen (secondary N) is 2. The first-order valence-corrected chi connectivity index (χ1v) is 8.83. The smallest absolute Gasteiger partial charge is 0.428 e. The van der Waals surface area contributed by atoms with Crippen LogP contribution in [-0.4, -0.2) is 24.8 Å². The molecule has 0 fully saturated rings. The molecule has 0 saturated carbocycles. The molecule has 0 saturated heterocycles. The molecule has 2 rings (SSSR count). The van der Waals surface area contributed by atoms with Crippen LogP contribution in [0.3, 0.4) is 0 Å². The average molecular weight is 383 g/mol. The predicted octanol–water partition coefficient (Wildman–Crippen LogP) is 3.94. The number of carbonyl (C=O) groups excluding carboxylic acids is 2. The largest absolute Gasteiger partial charge is 0.497 e. The number of methoxy groups -OCH3 is 1. The van der Waals surface area contributed by atoms with Gasteiger partial charge in [0.15, 0.2) is 0 Å². The quantitative estimate of drug-likeness (QED) is 0.560. The summed E-state index contributed by atoms with van der Waals surface area (Å²) in [6, 6.07) is 12.9. The van der Waals surface area contributed by atoms with E-state index in [0.717, 1.165) is 28.1 Å². The van der Waals surface area contributed by atoms with Crippen molar-refractivity contribution < 1.29 is 19.1 Å².